The van der Waals surface area contributed by atoms with E-state index in [0.717, 1.165) is 89.5 Å². The van der Waals surface area contributed by atoms with E-state index in [1.807, 2.05) is 0 Å². The van der Waals surface area contributed by atoms with E-state index in [0.29, 0.717) is 0 Å². The van der Waals surface area contributed by atoms with Gasteiger partial charge in [0.05, 0.1) is 22.8 Å². The number of pyridine rings is 2. The summed E-state index contributed by atoms with van der Waals surface area (Å²) in [6.07, 6.45) is 0. The highest BCUT2D eigenvalue weighted by molar-refractivity contribution is 5.87. The second kappa shape index (κ2) is 18.2. The molecule has 2 nitrogen and oxygen atoms in total. The van der Waals surface area contributed by atoms with Crippen molar-refractivity contribution in [2.75, 3.05) is 0 Å². The molecule has 11 aromatic rings. The summed E-state index contributed by atoms with van der Waals surface area (Å²) < 4.78 is 0. The summed E-state index contributed by atoms with van der Waals surface area (Å²) in [6, 6.07) is 95.0. The van der Waals surface area contributed by atoms with Crippen LogP contribution >= 0.6 is 0 Å². The molecule has 9 aromatic carbocycles. The summed E-state index contributed by atoms with van der Waals surface area (Å²) in [7, 11) is 0. The van der Waals surface area contributed by atoms with Gasteiger partial charge in [0.15, 0.2) is 0 Å². The fourth-order valence-corrected chi connectivity index (χ4v) is 8.82. The van der Waals surface area contributed by atoms with Gasteiger partial charge in [-0.15, -0.1) is 0 Å². The lowest BCUT2D eigenvalue weighted by atomic mass is 9.92. The van der Waals surface area contributed by atoms with E-state index in [9.17, 15) is 0 Å². The summed E-state index contributed by atoms with van der Waals surface area (Å²) in [4.78, 5) is 10.8. The maximum absolute atomic E-state index is 5.39. The smallest absolute Gasteiger partial charge is 0.0716 e. The molecule has 0 radical (unpaired) electrons. The average molecular weight is 841 g/mol. The van der Waals surface area contributed by atoms with Gasteiger partial charge < -0.3 is 0 Å². The van der Waals surface area contributed by atoms with Crippen molar-refractivity contribution < 1.29 is 0 Å². The highest BCUT2D eigenvalue weighted by Crippen LogP contribution is 2.39. The predicted octanol–water partition coefficient (Wildman–Crippen LogP) is 17.1. The van der Waals surface area contributed by atoms with Crippen LogP contribution < -0.4 is 0 Å². The molecule has 0 unspecified atom stereocenters. The van der Waals surface area contributed by atoms with Gasteiger partial charge in [-0.2, -0.15) is 0 Å². The highest BCUT2D eigenvalue weighted by Gasteiger charge is 2.16. The maximum Gasteiger partial charge on any atom is 0.0716 e. The zero-order valence-corrected chi connectivity index (χ0v) is 36.3. The molecule has 0 atom stereocenters. The number of rotatable bonds is 10. The maximum atomic E-state index is 5.39. The second-order valence-corrected chi connectivity index (χ2v) is 16.6. The lowest BCUT2D eigenvalue weighted by Gasteiger charge is -2.15. The summed E-state index contributed by atoms with van der Waals surface area (Å²) >= 11 is 0. The van der Waals surface area contributed by atoms with E-state index in [-0.39, 0.29) is 0 Å². The molecule has 66 heavy (non-hydrogen) atoms. The van der Waals surface area contributed by atoms with Gasteiger partial charge >= 0.3 is 0 Å². The van der Waals surface area contributed by atoms with E-state index in [1.54, 1.807) is 0 Å². The van der Waals surface area contributed by atoms with Gasteiger partial charge in [-0.1, -0.05) is 200 Å². The molecule has 2 heteroatoms. The molecule has 0 aliphatic rings. The quantitative estimate of drug-likeness (QED) is 0.137. The topological polar surface area (TPSA) is 25.8 Å². The monoisotopic (exact) mass is 840 g/mol. The Hall–Kier alpha value is -8.72. The Bertz CT molecular complexity index is 3080. The molecule has 0 fully saturated rings. The standard InChI is InChI=1S/C64H44N2/c1-7-20-45(21-8-1)53-35-54(46-22-9-2-10-23-46)38-59(37-53)63-43-57(41-61(65-63)49-28-15-5-16-29-49)51-32-19-33-52(34-51)58-42-62(50-30-17-6-18-31-50)66-64(44-58)60-39-55(47-24-11-3-12-25-47)36-56(40-60)48-26-13-4-14-27-48/h1-44H. The van der Waals surface area contributed by atoms with Crippen molar-refractivity contribution in [3.8, 4) is 112 Å². The zero-order valence-electron chi connectivity index (χ0n) is 36.3. The summed E-state index contributed by atoms with van der Waals surface area (Å²) in [5, 5.41) is 0. The Kier molecular flexibility index (Phi) is 11.0. The van der Waals surface area contributed by atoms with Gasteiger partial charge in [0, 0.05) is 22.3 Å². The van der Waals surface area contributed by atoms with Crippen molar-refractivity contribution in [3.05, 3.63) is 267 Å². The number of hydrogen-bond donors (Lipinski definition) is 0. The first-order valence-electron chi connectivity index (χ1n) is 22.5. The van der Waals surface area contributed by atoms with Gasteiger partial charge in [-0.3, -0.25) is 0 Å². The van der Waals surface area contributed by atoms with Gasteiger partial charge in [0.1, 0.15) is 0 Å². The molecule has 0 saturated carbocycles. The molecule has 0 aliphatic heterocycles. The Morgan fingerprint density at radius 3 is 0.621 bits per heavy atom. The summed E-state index contributed by atoms with van der Waals surface area (Å²) in [5.41, 5.74) is 21.6. The van der Waals surface area contributed by atoms with Crippen LogP contribution in [-0.2, 0) is 0 Å². The number of nitrogens with zero attached hydrogens (tertiary/aromatic N) is 2. The van der Waals surface area contributed by atoms with Crippen LogP contribution in [0.3, 0.4) is 0 Å². The summed E-state index contributed by atoms with van der Waals surface area (Å²) in [6.45, 7) is 0. The number of aromatic nitrogens is 2. The van der Waals surface area contributed by atoms with Crippen LogP contribution in [0.15, 0.2) is 267 Å². The Morgan fingerprint density at radius 1 is 0.136 bits per heavy atom. The van der Waals surface area contributed by atoms with Crippen molar-refractivity contribution in [2.24, 2.45) is 0 Å². The molecule has 2 heterocycles. The van der Waals surface area contributed by atoms with Crippen LogP contribution in [0.2, 0.25) is 0 Å². The molecule has 0 N–H and O–H groups in total. The molecule has 0 saturated heterocycles. The fourth-order valence-electron chi connectivity index (χ4n) is 8.82. The van der Waals surface area contributed by atoms with Crippen molar-refractivity contribution in [2.45, 2.75) is 0 Å². The van der Waals surface area contributed by atoms with Crippen molar-refractivity contribution in [1.29, 1.82) is 0 Å². The zero-order chi connectivity index (χ0) is 44.1. The van der Waals surface area contributed by atoms with Gasteiger partial charge in [-0.25, -0.2) is 9.97 Å². The Balaban J connectivity index is 1.07. The van der Waals surface area contributed by atoms with Crippen LogP contribution in [0.5, 0.6) is 0 Å². The third kappa shape index (κ3) is 8.64. The number of benzene rings is 9. The second-order valence-electron chi connectivity index (χ2n) is 16.6. The summed E-state index contributed by atoms with van der Waals surface area (Å²) in [5.74, 6) is 0. The van der Waals surface area contributed by atoms with E-state index < -0.39 is 0 Å². The third-order valence-corrected chi connectivity index (χ3v) is 12.2. The molecule has 0 aliphatic carbocycles. The first-order valence-corrected chi connectivity index (χ1v) is 22.5. The molecule has 0 amide bonds. The van der Waals surface area contributed by atoms with Gasteiger partial charge in [-0.05, 0) is 133 Å². The van der Waals surface area contributed by atoms with Crippen LogP contribution in [0, 0.1) is 0 Å². The van der Waals surface area contributed by atoms with Crippen LogP contribution in [-0.4, -0.2) is 9.97 Å². The average Bonchev–Trinajstić information content (AvgIpc) is 3.42. The molecule has 0 spiro atoms. The minimum Gasteiger partial charge on any atom is -0.248 e. The number of hydrogen-bond acceptors (Lipinski definition) is 2. The van der Waals surface area contributed by atoms with Gasteiger partial charge in [0.25, 0.3) is 0 Å². The normalized spacial score (nSPS) is 11.0. The molecular formula is C64H44N2. The van der Waals surface area contributed by atoms with E-state index in [4.69, 9.17) is 9.97 Å². The first-order chi connectivity index (χ1) is 32.7. The van der Waals surface area contributed by atoms with Crippen molar-refractivity contribution in [1.82, 2.24) is 9.97 Å². The molecule has 0 bridgehead atoms. The van der Waals surface area contributed by atoms with E-state index in [1.165, 1.54) is 22.3 Å². The highest BCUT2D eigenvalue weighted by atomic mass is 14.7. The predicted molar refractivity (Wildman–Crippen MR) is 276 cm³/mol. The lowest BCUT2D eigenvalue weighted by molar-refractivity contribution is 1.32. The largest absolute Gasteiger partial charge is 0.248 e. The minimum atomic E-state index is 0.914. The minimum absolute atomic E-state index is 0.914. The molecule has 310 valence electrons. The first kappa shape index (κ1) is 40.1. The lowest BCUT2D eigenvalue weighted by Crippen LogP contribution is -1.94. The third-order valence-electron chi connectivity index (χ3n) is 12.2. The Labute approximate surface area is 386 Å². The van der Waals surface area contributed by atoms with Crippen LogP contribution in [0.4, 0.5) is 0 Å². The van der Waals surface area contributed by atoms with Crippen LogP contribution in [0.25, 0.3) is 112 Å². The van der Waals surface area contributed by atoms with E-state index >= 15 is 0 Å². The SMILES string of the molecule is c1ccc(-c2cc(-c3ccccc3)cc(-c3cc(-c4cccc(-c5cc(-c6ccccc6)nc(-c6cc(-c7ccccc7)cc(-c7ccccc7)c6)c5)c4)cc(-c4ccccc4)n3)c2)cc1. The van der Waals surface area contributed by atoms with Crippen molar-refractivity contribution >= 4 is 0 Å². The molecule has 11 rings (SSSR count). The van der Waals surface area contributed by atoms with Crippen molar-refractivity contribution in [3.63, 3.8) is 0 Å². The molecule has 2 aromatic heterocycles. The van der Waals surface area contributed by atoms with Gasteiger partial charge in [0.2, 0.25) is 0 Å². The fraction of sp³-hybridized carbons (Fsp3) is 0. The Morgan fingerprint density at radius 2 is 0.333 bits per heavy atom. The molecular weight excluding hydrogens is 797 g/mol. The van der Waals surface area contributed by atoms with E-state index in [2.05, 4.69) is 267 Å². The van der Waals surface area contributed by atoms with Crippen LogP contribution in [0.1, 0.15) is 0 Å².